The zero-order chi connectivity index (χ0) is 32.7. The third-order valence-corrected chi connectivity index (χ3v) is 12.1. The van der Waals surface area contributed by atoms with Crippen LogP contribution in [0.5, 0.6) is 0 Å². The maximum atomic E-state index is 13.8. The number of hydrogen-bond acceptors (Lipinski definition) is 2. The summed E-state index contributed by atoms with van der Waals surface area (Å²) >= 11 is 7.19. The Morgan fingerprint density at radius 2 is 0.809 bits per heavy atom. The number of fused-ring (bicyclic) bond motifs is 9. The van der Waals surface area contributed by atoms with Crippen molar-refractivity contribution < 1.29 is 9.59 Å². The summed E-state index contributed by atoms with van der Waals surface area (Å²) in [5.74, 6) is 0.194. The lowest BCUT2D eigenvalue weighted by Gasteiger charge is -2.33. The van der Waals surface area contributed by atoms with Crippen LogP contribution in [0.2, 0.25) is 0 Å². The first-order valence-electron chi connectivity index (χ1n) is 17.9. The molecule has 0 spiro atoms. The minimum atomic E-state index is -0.146. The maximum absolute atomic E-state index is 13.8. The minimum Gasteiger partial charge on any atom is -0.289 e. The van der Waals surface area contributed by atoms with Crippen molar-refractivity contribution >= 4 is 43.4 Å². The molecule has 0 N–H and O–H groups in total. The van der Waals surface area contributed by atoms with Gasteiger partial charge < -0.3 is 0 Å². The molecule has 47 heavy (non-hydrogen) atoms. The van der Waals surface area contributed by atoms with Crippen LogP contribution in [0.4, 0.5) is 0 Å². The van der Waals surface area contributed by atoms with Gasteiger partial charge >= 0.3 is 0 Å². The molecule has 2 nitrogen and oxygen atoms in total. The third kappa shape index (κ3) is 5.72. The summed E-state index contributed by atoms with van der Waals surface area (Å²) < 4.78 is 1.85. The zero-order valence-electron chi connectivity index (χ0n) is 27.7. The van der Waals surface area contributed by atoms with Crippen LogP contribution in [0.3, 0.4) is 0 Å². The Hall–Kier alpha value is -2.82. The van der Waals surface area contributed by atoms with E-state index in [2.05, 4.69) is 94.2 Å². The van der Waals surface area contributed by atoms with Gasteiger partial charge in [-0.1, -0.05) is 135 Å². The summed E-state index contributed by atoms with van der Waals surface area (Å²) in [5, 5.41) is 0. The van der Waals surface area contributed by atoms with Crippen LogP contribution >= 0.6 is 31.9 Å². The average molecular weight is 753 g/mol. The predicted octanol–water partition coefficient (Wildman–Crippen LogP) is 13.4. The predicted molar refractivity (Wildman–Crippen MR) is 202 cm³/mol. The van der Waals surface area contributed by atoms with Crippen LogP contribution < -0.4 is 0 Å². The molecule has 0 aliphatic heterocycles. The lowest BCUT2D eigenvalue weighted by molar-refractivity contribution is 0.103. The second kappa shape index (κ2) is 13.6. The molecule has 4 aromatic rings. The van der Waals surface area contributed by atoms with Gasteiger partial charge in [0.2, 0.25) is 0 Å². The van der Waals surface area contributed by atoms with Crippen molar-refractivity contribution in [1.29, 1.82) is 0 Å². The highest BCUT2D eigenvalue weighted by Crippen LogP contribution is 2.58. The minimum absolute atomic E-state index is 0.0968. The van der Waals surface area contributed by atoms with Crippen LogP contribution in [0.15, 0.2) is 69.6 Å². The molecule has 242 valence electrons. The van der Waals surface area contributed by atoms with E-state index >= 15 is 0 Å². The molecule has 0 fully saturated rings. The van der Waals surface area contributed by atoms with Gasteiger partial charge in [0.25, 0.3) is 0 Å². The molecule has 0 atom stereocenters. The standard InChI is InChI=1S/C43H44Br2O2/c1-3-5-7-9-11-13-19-43(20-14-12-10-8-6-4-2)39-25-31-29-17-15-27(44)21-35(29)41(46)37(31)23-33(39)34-24-38-32(26-40(34)43)30-18-16-28(45)22-36(30)42(38)47/h15-18,21-26H,3-14,19-20H2,1-2H3. The maximum Gasteiger partial charge on any atom is 0.194 e. The molecule has 0 radical (unpaired) electrons. The Kier molecular flexibility index (Phi) is 9.46. The molecule has 0 saturated carbocycles. The number of halogens is 2. The largest absolute Gasteiger partial charge is 0.289 e. The first-order valence-corrected chi connectivity index (χ1v) is 19.5. The van der Waals surface area contributed by atoms with E-state index < -0.39 is 0 Å². The van der Waals surface area contributed by atoms with Crippen molar-refractivity contribution in [3.63, 3.8) is 0 Å². The monoisotopic (exact) mass is 750 g/mol. The first kappa shape index (κ1) is 32.7. The van der Waals surface area contributed by atoms with Gasteiger partial charge in [-0.25, -0.2) is 0 Å². The summed E-state index contributed by atoms with van der Waals surface area (Å²) in [6.45, 7) is 4.56. The number of hydrogen-bond donors (Lipinski definition) is 0. The lowest BCUT2D eigenvalue weighted by Crippen LogP contribution is -2.26. The Labute approximate surface area is 297 Å². The second-order valence-electron chi connectivity index (χ2n) is 14.0. The summed E-state index contributed by atoms with van der Waals surface area (Å²) in [4.78, 5) is 27.7. The fourth-order valence-corrected chi connectivity index (χ4v) is 9.37. The van der Waals surface area contributed by atoms with Gasteiger partial charge in [0.05, 0.1) is 0 Å². The van der Waals surface area contributed by atoms with E-state index in [-0.39, 0.29) is 17.0 Å². The Bertz CT molecular complexity index is 1750. The Morgan fingerprint density at radius 1 is 0.426 bits per heavy atom. The van der Waals surface area contributed by atoms with Crippen molar-refractivity contribution in [2.24, 2.45) is 0 Å². The van der Waals surface area contributed by atoms with Crippen molar-refractivity contribution in [3.05, 3.63) is 103 Å². The molecule has 7 rings (SSSR count). The SMILES string of the molecule is CCCCCCCCC1(CCCCCCCC)c2cc3c(cc2-c2cc4c(cc21)-c1ccc(Br)cc1C4=O)C(=O)c1cc(Br)ccc1-3. The summed E-state index contributed by atoms with van der Waals surface area (Å²) in [5.41, 5.74) is 12.2. The van der Waals surface area contributed by atoms with E-state index in [0.717, 1.165) is 77.4 Å². The second-order valence-corrected chi connectivity index (χ2v) is 15.9. The van der Waals surface area contributed by atoms with Gasteiger partial charge in [0, 0.05) is 36.6 Å². The quantitative estimate of drug-likeness (QED) is 0.104. The zero-order valence-corrected chi connectivity index (χ0v) is 30.9. The molecule has 4 aromatic carbocycles. The van der Waals surface area contributed by atoms with E-state index in [4.69, 9.17) is 0 Å². The molecule has 3 aliphatic carbocycles. The topological polar surface area (TPSA) is 34.1 Å². The van der Waals surface area contributed by atoms with Crippen LogP contribution in [-0.4, -0.2) is 11.6 Å². The molecular weight excluding hydrogens is 708 g/mol. The van der Waals surface area contributed by atoms with E-state index in [1.807, 2.05) is 12.1 Å². The number of carbonyl (C=O) groups is 2. The van der Waals surface area contributed by atoms with E-state index in [0.29, 0.717) is 0 Å². The molecule has 4 heteroatoms. The lowest BCUT2D eigenvalue weighted by atomic mass is 9.69. The number of rotatable bonds is 14. The highest BCUT2D eigenvalue weighted by molar-refractivity contribution is 9.10. The molecule has 0 amide bonds. The smallest absolute Gasteiger partial charge is 0.194 e. The van der Waals surface area contributed by atoms with Gasteiger partial charge in [-0.05, 0) is 106 Å². The molecule has 0 heterocycles. The fourth-order valence-electron chi connectivity index (χ4n) is 8.65. The van der Waals surface area contributed by atoms with Crippen molar-refractivity contribution in [2.45, 2.75) is 109 Å². The molecule has 3 aliphatic rings. The molecule has 0 unspecified atom stereocenters. The summed E-state index contributed by atoms with van der Waals surface area (Å²) in [6, 6.07) is 21.4. The van der Waals surface area contributed by atoms with Gasteiger partial charge in [0.1, 0.15) is 0 Å². The molecule has 0 saturated heterocycles. The van der Waals surface area contributed by atoms with Crippen LogP contribution in [0.25, 0.3) is 33.4 Å². The van der Waals surface area contributed by atoms with Gasteiger partial charge in [-0.3, -0.25) is 9.59 Å². The fraction of sp³-hybridized carbons (Fsp3) is 0.395. The molecule has 0 aromatic heterocycles. The first-order chi connectivity index (χ1) is 22.9. The number of ketones is 2. The van der Waals surface area contributed by atoms with Gasteiger partial charge in [-0.2, -0.15) is 0 Å². The van der Waals surface area contributed by atoms with Crippen LogP contribution in [0.1, 0.15) is 147 Å². The number of benzene rings is 4. The van der Waals surface area contributed by atoms with Gasteiger partial charge in [-0.15, -0.1) is 0 Å². The van der Waals surface area contributed by atoms with E-state index in [9.17, 15) is 9.59 Å². The van der Waals surface area contributed by atoms with E-state index in [1.54, 1.807) is 0 Å². The Balaban J connectivity index is 1.38. The summed E-state index contributed by atoms with van der Waals surface area (Å²) in [6.07, 6.45) is 17.3. The molecular formula is C43H44Br2O2. The number of unbranched alkanes of at least 4 members (excludes halogenated alkanes) is 10. The van der Waals surface area contributed by atoms with Crippen LogP contribution in [0, 0.1) is 0 Å². The normalized spacial score (nSPS) is 14.6. The Morgan fingerprint density at radius 3 is 1.23 bits per heavy atom. The van der Waals surface area contributed by atoms with Crippen molar-refractivity contribution in [3.8, 4) is 33.4 Å². The highest BCUT2D eigenvalue weighted by atomic mass is 79.9. The number of carbonyl (C=O) groups excluding carboxylic acids is 2. The third-order valence-electron chi connectivity index (χ3n) is 11.1. The molecule has 0 bridgehead atoms. The van der Waals surface area contributed by atoms with E-state index in [1.165, 1.54) is 88.2 Å². The van der Waals surface area contributed by atoms with Crippen molar-refractivity contribution in [2.75, 3.05) is 0 Å². The summed E-state index contributed by atoms with van der Waals surface area (Å²) in [7, 11) is 0. The van der Waals surface area contributed by atoms with Gasteiger partial charge in [0.15, 0.2) is 11.6 Å². The highest BCUT2D eigenvalue weighted by Gasteiger charge is 2.45. The van der Waals surface area contributed by atoms with Crippen LogP contribution in [-0.2, 0) is 5.41 Å². The average Bonchev–Trinajstić information content (AvgIpc) is 3.61. The van der Waals surface area contributed by atoms with Crippen molar-refractivity contribution in [1.82, 2.24) is 0 Å².